The van der Waals surface area contributed by atoms with Crippen LogP contribution in [-0.4, -0.2) is 44.6 Å². The van der Waals surface area contributed by atoms with Crippen LogP contribution in [0.3, 0.4) is 0 Å². The molecule has 1 amide bonds. The second kappa shape index (κ2) is 7.87. The van der Waals surface area contributed by atoms with Gasteiger partial charge in [0.05, 0.1) is 19.3 Å². The molecule has 0 bridgehead atoms. The predicted octanol–water partition coefficient (Wildman–Crippen LogP) is 1.69. The van der Waals surface area contributed by atoms with Crippen LogP contribution in [0.5, 0.6) is 5.75 Å². The number of anilines is 1. The minimum atomic E-state index is -0.0704. The quantitative estimate of drug-likeness (QED) is 0.797. The zero-order valence-corrected chi connectivity index (χ0v) is 13.0. The number of amides is 1. The third-order valence-electron chi connectivity index (χ3n) is 2.71. The first kappa shape index (κ1) is 16.5. The zero-order valence-electron chi connectivity index (χ0n) is 13.0. The van der Waals surface area contributed by atoms with Gasteiger partial charge in [-0.15, -0.1) is 0 Å². The van der Waals surface area contributed by atoms with Gasteiger partial charge in [-0.2, -0.15) is 0 Å². The monoisotopic (exact) mass is 279 g/mol. The van der Waals surface area contributed by atoms with Crippen molar-refractivity contribution in [1.29, 1.82) is 0 Å². The fraction of sp³-hybridized carbons (Fsp3) is 0.533. The van der Waals surface area contributed by atoms with Gasteiger partial charge in [-0.25, -0.2) is 0 Å². The fourth-order valence-corrected chi connectivity index (χ4v) is 1.81. The molecule has 0 aliphatic heterocycles. The van der Waals surface area contributed by atoms with Crippen molar-refractivity contribution in [2.75, 3.05) is 33.1 Å². The van der Waals surface area contributed by atoms with Gasteiger partial charge >= 0.3 is 0 Å². The molecule has 0 aliphatic carbocycles. The van der Waals surface area contributed by atoms with Crippen molar-refractivity contribution in [3.05, 3.63) is 23.8 Å². The Hall–Kier alpha value is -1.59. The molecule has 0 fully saturated rings. The van der Waals surface area contributed by atoms with Crippen LogP contribution in [-0.2, 0) is 11.3 Å². The molecule has 1 aromatic carbocycles. The molecule has 0 aliphatic rings. The molecule has 0 saturated carbocycles. The van der Waals surface area contributed by atoms with Crippen molar-refractivity contribution in [3.8, 4) is 5.75 Å². The van der Waals surface area contributed by atoms with Gasteiger partial charge in [0, 0.05) is 12.6 Å². The van der Waals surface area contributed by atoms with Crippen molar-refractivity contribution in [1.82, 2.24) is 10.2 Å². The summed E-state index contributed by atoms with van der Waals surface area (Å²) in [4.78, 5) is 14.0. The summed E-state index contributed by atoms with van der Waals surface area (Å²) in [6.45, 7) is 5.12. The highest BCUT2D eigenvalue weighted by Gasteiger charge is 2.09. The lowest BCUT2D eigenvalue weighted by Crippen LogP contribution is -2.32. The smallest absolute Gasteiger partial charge is 0.238 e. The summed E-state index contributed by atoms with van der Waals surface area (Å²) < 4.78 is 5.28. The minimum absolute atomic E-state index is 0.0704. The first-order valence-corrected chi connectivity index (χ1v) is 6.77. The second-order valence-electron chi connectivity index (χ2n) is 5.36. The van der Waals surface area contributed by atoms with Gasteiger partial charge in [0.2, 0.25) is 5.91 Å². The Morgan fingerprint density at radius 2 is 2.05 bits per heavy atom. The van der Waals surface area contributed by atoms with Gasteiger partial charge in [-0.05, 0) is 31.8 Å². The third kappa shape index (κ3) is 5.59. The zero-order chi connectivity index (χ0) is 15.1. The van der Waals surface area contributed by atoms with E-state index in [2.05, 4.69) is 15.5 Å². The Morgan fingerprint density at radius 3 is 2.60 bits per heavy atom. The standard InChI is InChI=1S/C15H25N3O2/c1-11(2)16-9-15(19)17-13-8-12(10-18(3)4)6-7-14(13)20-5/h6-8,11,16H,9-10H2,1-5H3,(H,17,19). The normalized spacial score (nSPS) is 10.9. The number of hydrogen-bond donors (Lipinski definition) is 2. The van der Waals surface area contributed by atoms with Crippen molar-refractivity contribution >= 4 is 11.6 Å². The molecule has 0 spiro atoms. The average Bonchev–Trinajstić information content (AvgIpc) is 2.36. The first-order chi connectivity index (χ1) is 9.42. The number of methoxy groups -OCH3 is 1. The Kier molecular flexibility index (Phi) is 6.48. The SMILES string of the molecule is COc1ccc(CN(C)C)cc1NC(=O)CNC(C)C. The van der Waals surface area contributed by atoms with E-state index in [-0.39, 0.29) is 11.9 Å². The van der Waals surface area contributed by atoms with E-state index in [0.717, 1.165) is 12.1 Å². The Morgan fingerprint density at radius 1 is 1.35 bits per heavy atom. The molecule has 0 heterocycles. The summed E-state index contributed by atoms with van der Waals surface area (Å²) in [7, 11) is 5.62. The van der Waals surface area contributed by atoms with Crippen LogP contribution in [0.25, 0.3) is 0 Å². The number of carbonyl (C=O) groups excluding carboxylic acids is 1. The highest BCUT2D eigenvalue weighted by Crippen LogP contribution is 2.25. The molecular weight excluding hydrogens is 254 g/mol. The van der Waals surface area contributed by atoms with Crippen LogP contribution in [0, 0.1) is 0 Å². The van der Waals surface area contributed by atoms with Crippen LogP contribution in [0.2, 0.25) is 0 Å². The van der Waals surface area contributed by atoms with Gasteiger partial charge in [-0.1, -0.05) is 19.9 Å². The van der Waals surface area contributed by atoms with E-state index in [1.807, 2.05) is 46.1 Å². The summed E-state index contributed by atoms with van der Waals surface area (Å²) in [5.41, 5.74) is 1.84. The summed E-state index contributed by atoms with van der Waals surface area (Å²) in [6.07, 6.45) is 0. The van der Waals surface area contributed by atoms with Gasteiger partial charge in [0.25, 0.3) is 0 Å². The van der Waals surface area contributed by atoms with Crippen LogP contribution >= 0.6 is 0 Å². The van der Waals surface area contributed by atoms with Crippen molar-refractivity contribution in [2.45, 2.75) is 26.4 Å². The maximum Gasteiger partial charge on any atom is 0.238 e. The number of carbonyl (C=O) groups is 1. The van der Waals surface area contributed by atoms with E-state index in [1.165, 1.54) is 0 Å². The van der Waals surface area contributed by atoms with Crippen LogP contribution < -0.4 is 15.4 Å². The number of nitrogens with zero attached hydrogens (tertiary/aromatic N) is 1. The number of rotatable bonds is 7. The molecule has 0 unspecified atom stereocenters. The van der Waals surface area contributed by atoms with Gasteiger partial charge in [-0.3, -0.25) is 4.79 Å². The second-order valence-corrected chi connectivity index (χ2v) is 5.36. The Balaban J connectivity index is 2.77. The molecule has 0 saturated heterocycles. The third-order valence-corrected chi connectivity index (χ3v) is 2.71. The number of ether oxygens (including phenoxy) is 1. The molecule has 0 aromatic heterocycles. The van der Waals surface area contributed by atoms with Crippen molar-refractivity contribution in [2.24, 2.45) is 0 Å². The maximum absolute atomic E-state index is 11.9. The number of nitrogens with one attached hydrogen (secondary N) is 2. The molecule has 5 nitrogen and oxygen atoms in total. The molecule has 1 aromatic rings. The van der Waals surface area contributed by atoms with Crippen LogP contribution in [0.1, 0.15) is 19.4 Å². The Labute approximate surface area is 121 Å². The molecule has 112 valence electrons. The highest BCUT2D eigenvalue weighted by molar-refractivity contribution is 5.93. The number of hydrogen-bond acceptors (Lipinski definition) is 4. The van der Waals surface area contributed by atoms with E-state index >= 15 is 0 Å². The van der Waals surface area contributed by atoms with Gasteiger partial charge < -0.3 is 20.3 Å². The summed E-state index contributed by atoms with van der Waals surface area (Å²) in [5, 5.41) is 5.97. The topological polar surface area (TPSA) is 53.6 Å². The van der Waals surface area contributed by atoms with Gasteiger partial charge in [0.1, 0.15) is 5.75 Å². The molecule has 2 N–H and O–H groups in total. The fourth-order valence-electron chi connectivity index (χ4n) is 1.81. The first-order valence-electron chi connectivity index (χ1n) is 6.77. The van der Waals surface area contributed by atoms with E-state index in [1.54, 1.807) is 7.11 Å². The number of benzene rings is 1. The highest BCUT2D eigenvalue weighted by atomic mass is 16.5. The molecule has 20 heavy (non-hydrogen) atoms. The largest absolute Gasteiger partial charge is 0.495 e. The molecule has 0 atom stereocenters. The van der Waals surface area contributed by atoms with E-state index in [9.17, 15) is 4.79 Å². The van der Waals surface area contributed by atoms with E-state index in [0.29, 0.717) is 18.0 Å². The lowest BCUT2D eigenvalue weighted by Gasteiger charge is -2.15. The maximum atomic E-state index is 11.9. The lowest BCUT2D eigenvalue weighted by atomic mass is 10.1. The van der Waals surface area contributed by atoms with E-state index in [4.69, 9.17) is 4.74 Å². The molecule has 0 radical (unpaired) electrons. The minimum Gasteiger partial charge on any atom is -0.495 e. The molecular formula is C15H25N3O2. The summed E-state index contributed by atoms with van der Waals surface area (Å²) >= 11 is 0. The van der Waals surface area contributed by atoms with Gasteiger partial charge in [0.15, 0.2) is 0 Å². The van der Waals surface area contributed by atoms with Crippen LogP contribution in [0.4, 0.5) is 5.69 Å². The lowest BCUT2D eigenvalue weighted by molar-refractivity contribution is -0.115. The molecule has 1 rings (SSSR count). The summed E-state index contributed by atoms with van der Waals surface area (Å²) in [5.74, 6) is 0.601. The Bertz CT molecular complexity index is 445. The van der Waals surface area contributed by atoms with Crippen LogP contribution in [0.15, 0.2) is 18.2 Å². The van der Waals surface area contributed by atoms with Crippen molar-refractivity contribution in [3.63, 3.8) is 0 Å². The summed E-state index contributed by atoms with van der Waals surface area (Å²) in [6, 6.07) is 6.11. The average molecular weight is 279 g/mol. The predicted molar refractivity (Wildman–Crippen MR) is 82.2 cm³/mol. The van der Waals surface area contributed by atoms with E-state index < -0.39 is 0 Å². The molecule has 5 heteroatoms. The van der Waals surface area contributed by atoms with Crippen molar-refractivity contribution < 1.29 is 9.53 Å².